The van der Waals surface area contributed by atoms with Crippen LogP contribution in [-0.2, 0) is 0 Å². The van der Waals surface area contributed by atoms with Crippen LogP contribution in [0.4, 0.5) is 0 Å². The van der Waals surface area contributed by atoms with Gasteiger partial charge in [-0.3, -0.25) is 9.78 Å². The van der Waals surface area contributed by atoms with Crippen LogP contribution in [0.3, 0.4) is 0 Å². The van der Waals surface area contributed by atoms with E-state index in [2.05, 4.69) is 16.2 Å². The summed E-state index contributed by atoms with van der Waals surface area (Å²) in [4.78, 5) is 16.1. The topological polar surface area (TPSA) is 42.0 Å². The number of nitrogens with zero attached hydrogens (tertiary/aromatic N) is 1. The molecule has 1 heterocycles. The van der Waals surface area contributed by atoms with E-state index in [1.54, 1.807) is 6.07 Å². The van der Waals surface area contributed by atoms with Gasteiger partial charge in [-0.2, -0.15) is 0 Å². The van der Waals surface area contributed by atoms with Crippen LogP contribution >= 0.6 is 0 Å². The SMILES string of the molecule is C#CC(CC)NC(=O)c1ccc(C)nc1C. The summed E-state index contributed by atoms with van der Waals surface area (Å²) in [5, 5.41) is 2.78. The van der Waals surface area contributed by atoms with Gasteiger partial charge in [0.1, 0.15) is 0 Å². The van der Waals surface area contributed by atoms with Crippen molar-refractivity contribution in [2.24, 2.45) is 0 Å². The minimum Gasteiger partial charge on any atom is -0.338 e. The van der Waals surface area contributed by atoms with Gasteiger partial charge in [0.2, 0.25) is 0 Å². The van der Waals surface area contributed by atoms with Crippen molar-refractivity contribution in [2.75, 3.05) is 0 Å². The third kappa shape index (κ3) is 2.83. The van der Waals surface area contributed by atoms with E-state index in [0.29, 0.717) is 5.56 Å². The number of amides is 1. The lowest BCUT2D eigenvalue weighted by Crippen LogP contribution is -2.33. The molecule has 1 unspecified atom stereocenters. The summed E-state index contributed by atoms with van der Waals surface area (Å²) >= 11 is 0. The molecule has 0 saturated heterocycles. The lowest BCUT2D eigenvalue weighted by Gasteiger charge is -2.11. The monoisotopic (exact) mass is 216 g/mol. The maximum absolute atomic E-state index is 11.9. The number of terminal acetylenes is 1. The van der Waals surface area contributed by atoms with E-state index in [9.17, 15) is 4.79 Å². The predicted octanol–water partition coefficient (Wildman–Crippen LogP) is 1.84. The zero-order chi connectivity index (χ0) is 12.1. The van der Waals surface area contributed by atoms with Crippen molar-refractivity contribution in [3.8, 4) is 12.3 Å². The van der Waals surface area contributed by atoms with Gasteiger partial charge in [-0.25, -0.2) is 0 Å². The maximum atomic E-state index is 11.9. The highest BCUT2D eigenvalue weighted by molar-refractivity contribution is 5.95. The molecule has 1 aromatic rings. The average Bonchev–Trinajstić information content (AvgIpc) is 2.25. The minimum absolute atomic E-state index is 0.158. The first kappa shape index (κ1) is 12.3. The highest BCUT2D eigenvalue weighted by Gasteiger charge is 2.12. The van der Waals surface area contributed by atoms with Crippen LogP contribution in [0.5, 0.6) is 0 Å². The first-order chi connectivity index (χ1) is 7.58. The number of hydrogen-bond acceptors (Lipinski definition) is 2. The van der Waals surface area contributed by atoms with Gasteiger partial charge in [0, 0.05) is 5.69 Å². The average molecular weight is 216 g/mol. The molecule has 0 saturated carbocycles. The van der Waals surface area contributed by atoms with Crippen LogP contribution in [0, 0.1) is 26.2 Å². The normalized spacial score (nSPS) is 11.6. The molecule has 0 aliphatic heterocycles. The molecule has 84 valence electrons. The van der Waals surface area contributed by atoms with E-state index in [0.717, 1.165) is 17.8 Å². The van der Waals surface area contributed by atoms with E-state index in [4.69, 9.17) is 6.42 Å². The lowest BCUT2D eigenvalue weighted by atomic mass is 10.1. The number of carbonyl (C=O) groups is 1. The molecule has 3 nitrogen and oxygen atoms in total. The Morgan fingerprint density at radius 2 is 2.25 bits per heavy atom. The number of hydrogen-bond donors (Lipinski definition) is 1. The molecule has 0 aliphatic carbocycles. The third-order valence-electron chi connectivity index (χ3n) is 2.38. The smallest absolute Gasteiger partial charge is 0.254 e. The fourth-order valence-electron chi connectivity index (χ4n) is 1.42. The van der Waals surface area contributed by atoms with Crippen molar-refractivity contribution in [2.45, 2.75) is 33.2 Å². The first-order valence-corrected chi connectivity index (χ1v) is 5.29. The van der Waals surface area contributed by atoms with Crippen LogP contribution in [0.25, 0.3) is 0 Å². The Morgan fingerprint density at radius 3 is 2.75 bits per heavy atom. The van der Waals surface area contributed by atoms with Gasteiger partial charge >= 0.3 is 0 Å². The molecule has 0 radical (unpaired) electrons. The molecule has 1 N–H and O–H groups in total. The summed E-state index contributed by atoms with van der Waals surface area (Å²) in [6, 6.07) is 3.38. The van der Waals surface area contributed by atoms with Crippen molar-refractivity contribution < 1.29 is 4.79 Å². The van der Waals surface area contributed by atoms with Crippen molar-refractivity contribution in [1.82, 2.24) is 10.3 Å². The Labute approximate surface area is 96.3 Å². The van der Waals surface area contributed by atoms with Gasteiger partial charge in [-0.1, -0.05) is 12.8 Å². The number of aromatic nitrogens is 1. The van der Waals surface area contributed by atoms with Gasteiger partial charge in [0.25, 0.3) is 5.91 Å². The lowest BCUT2D eigenvalue weighted by molar-refractivity contribution is 0.0944. The van der Waals surface area contributed by atoms with Crippen LogP contribution in [0.2, 0.25) is 0 Å². The third-order valence-corrected chi connectivity index (χ3v) is 2.38. The molecule has 1 amide bonds. The van der Waals surface area contributed by atoms with Gasteiger partial charge in [-0.05, 0) is 32.4 Å². The van der Waals surface area contributed by atoms with Gasteiger partial charge in [0.05, 0.1) is 17.3 Å². The second-order valence-corrected chi connectivity index (χ2v) is 3.69. The van der Waals surface area contributed by atoms with E-state index in [-0.39, 0.29) is 11.9 Å². The van der Waals surface area contributed by atoms with Crippen LogP contribution in [0.15, 0.2) is 12.1 Å². The summed E-state index contributed by atoms with van der Waals surface area (Å²) in [6.07, 6.45) is 6.01. The zero-order valence-corrected chi connectivity index (χ0v) is 9.87. The first-order valence-electron chi connectivity index (χ1n) is 5.29. The molecular formula is C13H16N2O. The highest BCUT2D eigenvalue weighted by atomic mass is 16.1. The van der Waals surface area contributed by atoms with Crippen LogP contribution in [0.1, 0.15) is 35.1 Å². The molecule has 0 aliphatic rings. The number of aryl methyl sites for hydroxylation is 2. The molecule has 0 bridgehead atoms. The summed E-state index contributed by atoms with van der Waals surface area (Å²) in [5.41, 5.74) is 2.21. The summed E-state index contributed by atoms with van der Waals surface area (Å²) in [7, 11) is 0. The molecule has 1 aromatic heterocycles. The molecule has 16 heavy (non-hydrogen) atoms. The second kappa shape index (κ2) is 5.32. The van der Waals surface area contributed by atoms with E-state index < -0.39 is 0 Å². The van der Waals surface area contributed by atoms with Crippen molar-refractivity contribution in [3.63, 3.8) is 0 Å². The predicted molar refractivity (Wildman–Crippen MR) is 64.1 cm³/mol. The largest absolute Gasteiger partial charge is 0.338 e. The van der Waals surface area contributed by atoms with E-state index >= 15 is 0 Å². The van der Waals surface area contributed by atoms with E-state index in [1.165, 1.54) is 0 Å². The highest BCUT2D eigenvalue weighted by Crippen LogP contribution is 2.06. The molecule has 1 atom stereocenters. The number of nitrogens with one attached hydrogen (secondary N) is 1. The minimum atomic E-state index is -0.215. The Balaban J connectivity index is 2.85. The fourth-order valence-corrected chi connectivity index (χ4v) is 1.42. The van der Waals surface area contributed by atoms with Crippen molar-refractivity contribution in [1.29, 1.82) is 0 Å². The van der Waals surface area contributed by atoms with E-state index in [1.807, 2.05) is 26.8 Å². The Kier molecular flexibility index (Phi) is 4.07. The second-order valence-electron chi connectivity index (χ2n) is 3.69. The molecule has 1 rings (SSSR count). The number of pyridine rings is 1. The Hall–Kier alpha value is -1.82. The number of carbonyl (C=O) groups excluding carboxylic acids is 1. The van der Waals surface area contributed by atoms with Gasteiger partial charge in [0.15, 0.2) is 0 Å². The van der Waals surface area contributed by atoms with Crippen molar-refractivity contribution in [3.05, 3.63) is 29.1 Å². The maximum Gasteiger partial charge on any atom is 0.254 e. The van der Waals surface area contributed by atoms with Gasteiger partial charge in [-0.15, -0.1) is 6.42 Å². The Morgan fingerprint density at radius 1 is 1.56 bits per heavy atom. The summed E-state index contributed by atoms with van der Waals surface area (Å²) < 4.78 is 0. The number of rotatable bonds is 3. The zero-order valence-electron chi connectivity index (χ0n) is 9.87. The molecule has 0 spiro atoms. The fraction of sp³-hybridized carbons (Fsp3) is 0.385. The van der Waals surface area contributed by atoms with Crippen molar-refractivity contribution >= 4 is 5.91 Å². The van der Waals surface area contributed by atoms with Crippen LogP contribution in [-0.4, -0.2) is 16.9 Å². The molecule has 3 heteroatoms. The molecular weight excluding hydrogens is 200 g/mol. The molecule has 0 aromatic carbocycles. The quantitative estimate of drug-likeness (QED) is 0.783. The molecule has 0 fully saturated rings. The standard InChI is InChI=1S/C13H16N2O/c1-5-11(6-2)15-13(16)12-8-7-9(3)14-10(12)4/h1,7-8,11H,6H2,2-4H3,(H,15,16). The van der Waals surface area contributed by atoms with Crippen LogP contribution < -0.4 is 5.32 Å². The summed E-state index contributed by atoms with van der Waals surface area (Å²) in [5.74, 6) is 2.37. The Bertz CT molecular complexity index is 432. The van der Waals surface area contributed by atoms with Gasteiger partial charge < -0.3 is 5.32 Å². The summed E-state index contributed by atoms with van der Waals surface area (Å²) in [6.45, 7) is 5.65.